The van der Waals surface area contributed by atoms with Gasteiger partial charge in [0, 0.05) is 17.9 Å². The third kappa shape index (κ3) is 4.45. The van der Waals surface area contributed by atoms with Gasteiger partial charge in [0.1, 0.15) is 5.82 Å². The molecule has 0 saturated heterocycles. The van der Waals surface area contributed by atoms with Crippen LogP contribution in [0, 0.1) is 0 Å². The number of pyridine rings is 1. The second kappa shape index (κ2) is 6.68. The normalized spacial score (nSPS) is 11.4. The van der Waals surface area contributed by atoms with Gasteiger partial charge in [-0.15, -0.1) is 0 Å². The number of amides is 1. The number of halogens is 3. The van der Waals surface area contributed by atoms with Crippen molar-refractivity contribution in [1.82, 2.24) is 10.3 Å². The van der Waals surface area contributed by atoms with Crippen LogP contribution in [0.1, 0.15) is 29.8 Å². The summed E-state index contributed by atoms with van der Waals surface area (Å²) in [6.07, 6.45) is -2.97. The highest BCUT2D eigenvalue weighted by atomic mass is 19.4. The minimum Gasteiger partial charge on any atom is -0.350 e. The Morgan fingerprint density at radius 2 is 1.91 bits per heavy atom. The fourth-order valence-corrected chi connectivity index (χ4v) is 1.94. The number of carbonyl (C=O) groups excluding carboxylic acids is 1. The monoisotopic (exact) mass is 323 g/mol. The van der Waals surface area contributed by atoms with Crippen molar-refractivity contribution >= 4 is 17.4 Å². The highest BCUT2D eigenvalue weighted by Gasteiger charge is 2.30. The average Bonchev–Trinajstić information content (AvgIpc) is 2.46. The lowest BCUT2D eigenvalue weighted by Gasteiger charge is -2.14. The van der Waals surface area contributed by atoms with E-state index in [1.165, 1.54) is 18.3 Å². The number of nitrogens with zero attached hydrogens (tertiary/aromatic N) is 1. The van der Waals surface area contributed by atoms with Crippen LogP contribution < -0.4 is 10.6 Å². The van der Waals surface area contributed by atoms with E-state index in [1.54, 1.807) is 12.1 Å². The molecule has 0 aliphatic rings. The number of aromatic nitrogens is 1. The number of carbonyl (C=O) groups is 1. The molecular formula is C16H16F3N3O. The molecule has 0 radical (unpaired) electrons. The van der Waals surface area contributed by atoms with E-state index in [9.17, 15) is 18.0 Å². The Kier molecular flexibility index (Phi) is 4.88. The predicted octanol–water partition coefficient (Wildman–Crippen LogP) is 3.98. The van der Waals surface area contributed by atoms with E-state index in [0.29, 0.717) is 0 Å². The van der Waals surface area contributed by atoms with Crippen LogP contribution in [-0.2, 0) is 6.18 Å². The molecule has 0 unspecified atom stereocenters. The van der Waals surface area contributed by atoms with Gasteiger partial charge in [-0.2, -0.15) is 13.2 Å². The van der Waals surface area contributed by atoms with Crippen molar-refractivity contribution in [1.29, 1.82) is 0 Å². The molecule has 0 fully saturated rings. The molecule has 7 heteroatoms. The average molecular weight is 323 g/mol. The number of hydrogen-bond donors (Lipinski definition) is 2. The smallest absolute Gasteiger partial charge is 0.350 e. The van der Waals surface area contributed by atoms with Crippen LogP contribution in [0.5, 0.6) is 0 Å². The van der Waals surface area contributed by atoms with Crippen molar-refractivity contribution in [2.24, 2.45) is 0 Å². The summed E-state index contributed by atoms with van der Waals surface area (Å²) in [6.45, 7) is 3.63. The van der Waals surface area contributed by atoms with Gasteiger partial charge < -0.3 is 10.6 Å². The Morgan fingerprint density at radius 3 is 2.57 bits per heavy atom. The van der Waals surface area contributed by atoms with Gasteiger partial charge in [-0.25, -0.2) is 4.98 Å². The second-order valence-electron chi connectivity index (χ2n) is 5.23. The molecule has 1 aromatic heterocycles. The Bertz CT molecular complexity index is 699. The highest BCUT2D eigenvalue weighted by molar-refractivity contribution is 5.99. The second-order valence-corrected chi connectivity index (χ2v) is 5.23. The van der Waals surface area contributed by atoms with Crippen LogP contribution in [0.15, 0.2) is 42.6 Å². The molecule has 122 valence electrons. The van der Waals surface area contributed by atoms with E-state index in [0.717, 1.165) is 12.1 Å². The minimum atomic E-state index is -4.43. The molecular weight excluding hydrogens is 307 g/mol. The Labute approximate surface area is 131 Å². The van der Waals surface area contributed by atoms with Crippen LogP contribution in [0.2, 0.25) is 0 Å². The fourth-order valence-electron chi connectivity index (χ4n) is 1.94. The molecule has 2 N–H and O–H groups in total. The molecule has 23 heavy (non-hydrogen) atoms. The number of benzene rings is 1. The Hall–Kier alpha value is -2.57. The zero-order valence-electron chi connectivity index (χ0n) is 12.6. The number of anilines is 2. The molecule has 0 bridgehead atoms. The molecule has 0 spiro atoms. The van der Waals surface area contributed by atoms with Gasteiger partial charge in [0.15, 0.2) is 0 Å². The SMILES string of the molecule is CC(C)NC(=O)c1cccnc1Nc1cccc(C(F)(F)F)c1. The predicted molar refractivity (Wildman–Crippen MR) is 81.6 cm³/mol. The first-order valence-electron chi connectivity index (χ1n) is 6.97. The first-order valence-corrected chi connectivity index (χ1v) is 6.97. The van der Waals surface area contributed by atoms with Gasteiger partial charge in [-0.05, 0) is 44.2 Å². The maximum atomic E-state index is 12.8. The standard InChI is InChI=1S/C16H16F3N3O/c1-10(2)21-15(23)13-7-4-8-20-14(13)22-12-6-3-5-11(9-12)16(17,18)19/h3-10H,1-2H3,(H,20,22)(H,21,23). The summed E-state index contributed by atoms with van der Waals surface area (Å²) in [4.78, 5) is 16.2. The third-order valence-electron chi connectivity index (χ3n) is 2.92. The summed E-state index contributed by atoms with van der Waals surface area (Å²) in [7, 11) is 0. The molecule has 0 saturated carbocycles. The van der Waals surface area contributed by atoms with Gasteiger partial charge in [0.05, 0.1) is 11.1 Å². The topological polar surface area (TPSA) is 54.0 Å². The largest absolute Gasteiger partial charge is 0.416 e. The van der Waals surface area contributed by atoms with Gasteiger partial charge in [-0.1, -0.05) is 6.07 Å². The van der Waals surface area contributed by atoms with Crippen molar-refractivity contribution in [3.05, 3.63) is 53.7 Å². The first-order chi connectivity index (χ1) is 10.8. The maximum Gasteiger partial charge on any atom is 0.416 e. The quantitative estimate of drug-likeness (QED) is 0.895. The summed E-state index contributed by atoms with van der Waals surface area (Å²) >= 11 is 0. The van der Waals surface area contributed by atoms with Crippen LogP contribution >= 0.6 is 0 Å². The lowest BCUT2D eigenvalue weighted by atomic mass is 10.1. The van der Waals surface area contributed by atoms with Gasteiger partial charge >= 0.3 is 6.18 Å². The molecule has 2 rings (SSSR count). The maximum absolute atomic E-state index is 12.8. The van der Waals surface area contributed by atoms with Crippen LogP contribution in [0.4, 0.5) is 24.7 Å². The van der Waals surface area contributed by atoms with Crippen molar-refractivity contribution < 1.29 is 18.0 Å². The summed E-state index contributed by atoms with van der Waals surface area (Å²) < 4.78 is 38.3. The molecule has 0 aliphatic carbocycles. The van der Waals surface area contributed by atoms with Gasteiger partial charge in [-0.3, -0.25) is 4.79 Å². The van der Waals surface area contributed by atoms with Gasteiger partial charge in [0.2, 0.25) is 0 Å². The fraction of sp³-hybridized carbons (Fsp3) is 0.250. The van der Waals surface area contributed by atoms with E-state index in [1.807, 2.05) is 13.8 Å². The lowest BCUT2D eigenvalue weighted by molar-refractivity contribution is -0.137. The zero-order valence-corrected chi connectivity index (χ0v) is 12.6. The van der Waals surface area contributed by atoms with Crippen LogP contribution in [-0.4, -0.2) is 16.9 Å². The van der Waals surface area contributed by atoms with E-state index in [2.05, 4.69) is 15.6 Å². The van der Waals surface area contributed by atoms with Crippen molar-refractivity contribution in [3.63, 3.8) is 0 Å². The summed E-state index contributed by atoms with van der Waals surface area (Å²) in [5.74, 6) is -0.146. The van der Waals surface area contributed by atoms with Gasteiger partial charge in [0.25, 0.3) is 5.91 Å². The number of hydrogen-bond acceptors (Lipinski definition) is 3. The van der Waals surface area contributed by atoms with E-state index in [-0.39, 0.29) is 29.0 Å². The lowest BCUT2D eigenvalue weighted by Crippen LogP contribution is -2.30. The van der Waals surface area contributed by atoms with E-state index < -0.39 is 11.7 Å². The molecule has 0 atom stereocenters. The molecule has 4 nitrogen and oxygen atoms in total. The highest BCUT2D eigenvalue weighted by Crippen LogP contribution is 2.31. The Balaban J connectivity index is 2.29. The summed E-state index contributed by atoms with van der Waals surface area (Å²) in [6, 6.07) is 7.81. The van der Waals surface area contributed by atoms with Crippen molar-refractivity contribution in [2.45, 2.75) is 26.1 Å². The van der Waals surface area contributed by atoms with Crippen molar-refractivity contribution in [2.75, 3.05) is 5.32 Å². The van der Waals surface area contributed by atoms with E-state index in [4.69, 9.17) is 0 Å². The molecule has 1 aromatic carbocycles. The van der Waals surface area contributed by atoms with Crippen molar-refractivity contribution in [3.8, 4) is 0 Å². The molecule has 0 aliphatic heterocycles. The third-order valence-corrected chi connectivity index (χ3v) is 2.92. The minimum absolute atomic E-state index is 0.0656. The number of nitrogens with one attached hydrogen (secondary N) is 2. The summed E-state index contributed by atoms with van der Waals surface area (Å²) in [5, 5.41) is 5.49. The molecule has 1 heterocycles. The number of rotatable bonds is 4. The Morgan fingerprint density at radius 1 is 1.17 bits per heavy atom. The van der Waals surface area contributed by atoms with Crippen LogP contribution in [0.3, 0.4) is 0 Å². The van der Waals surface area contributed by atoms with E-state index >= 15 is 0 Å². The zero-order chi connectivity index (χ0) is 17.0. The van der Waals surface area contributed by atoms with Crippen LogP contribution in [0.25, 0.3) is 0 Å². The molecule has 2 aromatic rings. The molecule has 1 amide bonds. The summed E-state index contributed by atoms with van der Waals surface area (Å²) in [5.41, 5.74) is -0.303. The number of alkyl halides is 3. The first kappa shape index (κ1) is 16.8.